The lowest BCUT2D eigenvalue weighted by molar-refractivity contribution is -0.120. The maximum Gasteiger partial charge on any atom is 0.224 e. The third-order valence-electron chi connectivity index (χ3n) is 3.71. The van der Waals surface area contributed by atoms with Gasteiger partial charge in [-0.2, -0.15) is 0 Å². The van der Waals surface area contributed by atoms with Gasteiger partial charge in [-0.25, -0.2) is 0 Å². The molecule has 0 aliphatic heterocycles. The van der Waals surface area contributed by atoms with Gasteiger partial charge in [0.25, 0.3) is 0 Å². The first-order valence-electron chi connectivity index (χ1n) is 7.91. The van der Waals surface area contributed by atoms with Crippen molar-refractivity contribution in [3.63, 3.8) is 0 Å². The van der Waals surface area contributed by atoms with Crippen LogP contribution < -0.4 is 10.2 Å². The lowest BCUT2D eigenvalue weighted by Crippen LogP contribution is -2.35. The van der Waals surface area contributed by atoms with E-state index in [0.29, 0.717) is 18.0 Å². The van der Waals surface area contributed by atoms with Crippen molar-refractivity contribution in [1.29, 1.82) is 0 Å². The molecular formula is C19H23ClN2O. The molecule has 0 aliphatic carbocycles. The van der Waals surface area contributed by atoms with E-state index in [1.165, 1.54) is 11.3 Å². The number of anilines is 1. The van der Waals surface area contributed by atoms with Gasteiger partial charge in [0.2, 0.25) is 5.91 Å². The van der Waals surface area contributed by atoms with Crippen molar-refractivity contribution in [3.8, 4) is 0 Å². The summed E-state index contributed by atoms with van der Waals surface area (Å²) < 4.78 is 0. The molecule has 2 aromatic carbocycles. The number of halogens is 1. The molecule has 0 fully saturated rings. The van der Waals surface area contributed by atoms with E-state index in [-0.39, 0.29) is 5.91 Å². The van der Waals surface area contributed by atoms with Crippen LogP contribution in [0.5, 0.6) is 0 Å². The maximum absolute atomic E-state index is 12.0. The van der Waals surface area contributed by atoms with E-state index in [2.05, 4.69) is 48.3 Å². The number of aryl methyl sites for hydroxylation is 1. The highest BCUT2D eigenvalue weighted by Gasteiger charge is 2.07. The van der Waals surface area contributed by atoms with Crippen molar-refractivity contribution in [2.75, 3.05) is 24.5 Å². The molecule has 0 radical (unpaired) electrons. The number of amides is 1. The van der Waals surface area contributed by atoms with Gasteiger partial charge in [0.05, 0.1) is 6.42 Å². The lowest BCUT2D eigenvalue weighted by Gasteiger charge is -2.23. The van der Waals surface area contributed by atoms with Crippen LogP contribution in [-0.4, -0.2) is 25.5 Å². The number of nitrogens with one attached hydrogen (secondary N) is 1. The van der Waals surface area contributed by atoms with Crippen molar-refractivity contribution in [2.45, 2.75) is 20.3 Å². The Morgan fingerprint density at radius 2 is 1.96 bits per heavy atom. The first-order valence-corrected chi connectivity index (χ1v) is 8.29. The fourth-order valence-electron chi connectivity index (χ4n) is 2.52. The molecule has 1 N–H and O–H groups in total. The second-order valence-electron chi connectivity index (χ2n) is 5.58. The first kappa shape index (κ1) is 17.4. The number of carbonyl (C=O) groups excluding carboxylic acids is 1. The zero-order valence-corrected chi connectivity index (χ0v) is 14.4. The van der Waals surface area contributed by atoms with E-state index in [0.717, 1.165) is 18.7 Å². The van der Waals surface area contributed by atoms with Gasteiger partial charge in [0.1, 0.15) is 0 Å². The Morgan fingerprint density at radius 1 is 1.17 bits per heavy atom. The molecule has 1 amide bonds. The summed E-state index contributed by atoms with van der Waals surface area (Å²) in [6.07, 6.45) is 0.358. The van der Waals surface area contributed by atoms with Gasteiger partial charge in [-0.05, 0) is 49.2 Å². The summed E-state index contributed by atoms with van der Waals surface area (Å²) in [6.45, 7) is 6.54. The average Bonchev–Trinajstić information content (AvgIpc) is 2.51. The summed E-state index contributed by atoms with van der Waals surface area (Å²) in [5, 5.41) is 3.64. The summed E-state index contributed by atoms with van der Waals surface area (Å²) in [5.41, 5.74) is 3.36. The second kappa shape index (κ2) is 8.59. The van der Waals surface area contributed by atoms with Crippen molar-refractivity contribution in [1.82, 2.24) is 5.32 Å². The molecule has 2 rings (SSSR count). The Balaban J connectivity index is 1.82. The molecule has 3 nitrogen and oxygen atoms in total. The van der Waals surface area contributed by atoms with Gasteiger partial charge in [0, 0.05) is 30.3 Å². The minimum atomic E-state index is 0.0209. The molecule has 0 bridgehead atoms. The van der Waals surface area contributed by atoms with Gasteiger partial charge >= 0.3 is 0 Å². The number of nitrogens with zero attached hydrogens (tertiary/aromatic N) is 1. The lowest BCUT2D eigenvalue weighted by atomic mass is 10.1. The Labute approximate surface area is 143 Å². The number of likely N-dealkylation sites (N-methyl/N-ethyl adjacent to an activating group) is 1. The third kappa shape index (κ3) is 5.61. The van der Waals surface area contributed by atoms with Crippen molar-refractivity contribution in [2.24, 2.45) is 0 Å². The quantitative estimate of drug-likeness (QED) is 0.836. The molecule has 0 saturated heterocycles. The van der Waals surface area contributed by atoms with E-state index in [4.69, 9.17) is 11.6 Å². The van der Waals surface area contributed by atoms with Gasteiger partial charge in [-0.3, -0.25) is 4.79 Å². The maximum atomic E-state index is 12.0. The summed E-state index contributed by atoms with van der Waals surface area (Å²) in [6, 6.07) is 15.8. The molecule has 2 aromatic rings. The highest BCUT2D eigenvalue weighted by molar-refractivity contribution is 6.30. The van der Waals surface area contributed by atoms with E-state index < -0.39 is 0 Å². The van der Waals surface area contributed by atoms with Crippen LogP contribution in [0.4, 0.5) is 5.69 Å². The Kier molecular flexibility index (Phi) is 6.48. The van der Waals surface area contributed by atoms with Crippen LogP contribution in [0.15, 0.2) is 48.5 Å². The third-order valence-corrected chi connectivity index (χ3v) is 3.94. The van der Waals surface area contributed by atoms with E-state index in [1.54, 1.807) is 0 Å². The number of hydrogen-bond donors (Lipinski definition) is 1. The zero-order valence-electron chi connectivity index (χ0n) is 13.7. The Morgan fingerprint density at radius 3 is 2.65 bits per heavy atom. The normalized spacial score (nSPS) is 10.4. The standard InChI is InChI=1S/C19H23ClN2O/c1-3-22(18-9-4-6-15(2)12-18)11-10-21-19(23)14-16-7-5-8-17(20)13-16/h4-9,12-13H,3,10-11,14H2,1-2H3,(H,21,23). The van der Waals surface area contributed by atoms with Crippen LogP contribution in [0.25, 0.3) is 0 Å². The molecule has 0 atom stereocenters. The monoisotopic (exact) mass is 330 g/mol. The highest BCUT2D eigenvalue weighted by Crippen LogP contribution is 2.15. The fraction of sp³-hybridized carbons (Fsp3) is 0.316. The summed E-state index contributed by atoms with van der Waals surface area (Å²) in [4.78, 5) is 14.3. The van der Waals surface area contributed by atoms with Crippen LogP contribution in [0.1, 0.15) is 18.1 Å². The SMILES string of the molecule is CCN(CCNC(=O)Cc1cccc(Cl)c1)c1cccc(C)c1. The molecule has 122 valence electrons. The zero-order chi connectivity index (χ0) is 16.7. The van der Waals surface area contributed by atoms with Crippen LogP contribution in [0, 0.1) is 6.92 Å². The highest BCUT2D eigenvalue weighted by atomic mass is 35.5. The van der Waals surface area contributed by atoms with E-state index in [1.807, 2.05) is 24.3 Å². The Hall–Kier alpha value is -2.00. The fourth-order valence-corrected chi connectivity index (χ4v) is 2.73. The molecule has 0 aliphatic rings. The Bertz CT molecular complexity index is 657. The van der Waals surface area contributed by atoms with E-state index in [9.17, 15) is 4.79 Å². The smallest absolute Gasteiger partial charge is 0.224 e. The van der Waals surface area contributed by atoms with Gasteiger partial charge < -0.3 is 10.2 Å². The van der Waals surface area contributed by atoms with Gasteiger partial charge in [0.15, 0.2) is 0 Å². The second-order valence-corrected chi connectivity index (χ2v) is 6.01. The predicted octanol–water partition coefficient (Wildman–Crippen LogP) is 3.83. The summed E-state index contributed by atoms with van der Waals surface area (Å²) in [7, 11) is 0. The molecule has 0 unspecified atom stereocenters. The largest absolute Gasteiger partial charge is 0.370 e. The molecule has 0 saturated carbocycles. The molecular weight excluding hydrogens is 308 g/mol. The van der Waals surface area contributed by atoms with Crippen LogP contribution in [0.3, 0.4) is 0 Å². The number of benzene rings is 2. The first-order chi connectivity index (χ1) is 11.1. The summed E-state index contributed by atoms with van der Waals surface area (Å²) >= 11 is 5.94. The predicted molar refractivity (Wildman–Crippen MR) is 97.2 cm³/mol. The molecule has 4 heteroatoms. The van der Waals surface area contributed by atoms with Gasteiger partial charge in [-0.15, -0.1) is 0 Å². The van der Waals surface area contributed by atoms with E-state index >= 15 is 0 Å². The minimum Gasteiger partial charge on any atom is -0.370 e. The number of carbonyl (C=O) groups is 1. The topological polar surface area (TPSA) is 32.3 Å². The number of hydrogen-bond acceptors (Lipinski definition) is 2. The van der Waals surface area contributed by atoms with Crippen LogP contribution >= 0.6 is 11.6 Å². The molecule has 0 heterocycles. The van der Waals surface area contributed by atoms with Crippen molar-refractivity contribution >= 4 is 23.2 Å². The summed E-state index contributed by atoms with van der Waals surface area (Å²) in [5.74, 6) is 0.0209. The van der Waals surface area contributed by atoms with Gasteiger partial charge in [-0.1, -0.05) is 35.9 Å². The molecule has 0 aromatic heterocycles. The van der Waals surface area contributed by atoms with Crippen molar-refractivity contribution < 1.29 is 4.79 Å². The minimum absolute atomic E-state index is 0.0209. The van der Waals surface area contributed by atoms with Crippen LogP contribution in [-0.2, 0) is 11.2 Å². The van der Waals surface area contributed by atoms with Crippen molar-refractivity contribution in [3.05, 3.63) is 64.7 Å². The molecule has 23 heavy (non-hydrogen) atoms. The number of rotatable bonds is 7. The van der Waals surface area contributed by atoms with Crippen LogP contribution in [0.2, 0.25) is 5.02 Å². The molecule has 0 spiro atoms. The average molecular weight is 331 g/mol.